The summed E-state index contributed by atoms with van der Waals surface area (Å²) in [6, 6.07) is 13.8. The quantitative estimate of drug-likeness (QED) is 0.860. The van der Waals surface area contributed by atoms with E-state index in [0.29, 0.717) is 6.54 Å². The highest BCUT2D eigenvalue weighted by atomic mass is 32.2. The van der Waals surface area contributed by atoms with E-state index in [1.807, 2.05) is 55.6 Å². The van der Waals surface area contributed by atoms with E-state index in [0.717, 1.165) is 22.6 Å². The molecule has 0 saturated carbocycles. The van der Waals surface area contributed by atoms with Gasteiger partial charge in [0.15, 0.2) is 0 Å². The van der Waals surface area contributed by atoms with E-state index in [1.54, 1.807) is 18.0 Å². The van der Waals surface area contributed by atoms with Gasteiger partial charge in [-0.2, -0.15) is 11.8 Å². The summed E-state index contributed by atoms with van der Waals surface area (Å²) in [5.41, 5.74) is 3.07. The Balaban J connectivity index is 1.89. The highest BCUT2D eigenvalue weighted by Gasteiger charge is 2.13. The molecule has 1 aromatic heterocycles. The van der Waals surface area contributed by atoms with Gasteiger partial charge < -0.3 is 10.6 Å². The summed E-state index contributed by atoms with van der Waals surface area (Å²) in [6.45, 7) is 2.41. The Morgan fingerprint density at radius 1 is 1.23 bits per heavy atom. The zero-order chi connectivity index (χ0) is 15.8. The molecule has 0 fully saturated rings. The zero-order valence-corrected chi connectivity index (χ0v) is 13.7. The molecule has 1 aromatic carbocycles. The third-order valence-corrected chi connectivity index (χ3v) is 3.93. The lowest BCUT2D eigenvalue weighted by molar-refractivity contribution is 0.237. The molecule has 2 rings (SSSR count). The fraction of sp³-hybridized carbons (Fsp3) is 0.294. The number of hydrogen-bond donors (Lipinski definition) is 2. The normalized spacial score (nSPS) is 11.7. The number of urea groups is 1. The minimum Gasteiger partial charge on any atom is -0.334 e. The minimum absolute atomic E-state index is 0.00680. The van der Waals surface area contributed by atoms with Crippen molar-refractivity contribution in [2.45, 2.75) is 19.5 Å². The maximum atomic E-state index is 12.1. The molecule has 116 valence electrons. The molecule has 0 aliphatic carbocycles. The van der Waals surface area contributed by atoms with Crippen molar-refractivity contribution >= 4 is 17.8 Å². The first-order valence-corrected chi connectivity index (χ1v) is 8.58. The van der Waals surface area contributed by atoms with Crippen molar-refractivity contribution in [3.8, 4) is 0 Å². The van der Waals surface area contributed by atoms with Gasteiger partial charge in [-0.15, -0.1) is 0 Å². The number of rotatable bonds is 6. The second kappa shape index (κ2) is 8.44. The Hall–Kier alpha value is -2.01. The van der Waals surface area contributed by atoms with Gasteiger partial charge in [-0.05, 0) is 30.4 Å². The molecule has 0 aliphatic heterocycles. The number of benzene rings is 1. The van der Waals surface area contributed by atoms with Crippen molar-refractivity contribution in [1.82, 2.24) is 15.6 Å². The van der Waals surface area contributed by atoms with Crippen LogP contribution in [0.1, 0.15) is 22.9 Å². The number of pyridine rings is 1. The van der Waals surface area contributed by atoms with Gasteiger partial charge in [0.1, 0.15) is 0 Å². The van der Waals surface area contributed by atoms with Gasteiger partial charge in [-0.3, -0.25) is 4.98 Å². The van der Waals surface area contributed by atoms with Gasteiger partial charge in [0.25, 0.3) is 0 Å². The molecule has 1 heterocycles. The smallest absolute Gasteiger partial charge is 0.315 e. The van der Waals surface area contributed by atoms with Crippen molar-refractivity contribution < 1.29 is 4.79 Å². The van der Waals surface area contributed by atoms with Crippen LogP contribution in [0, 0.1) is 6.92 Å². The van der Waals surface area contributed by atoms with Crippen LogP contribution >= 0.6 is 11.8 Å². The summed E-state index contributed by atoms with van der Waals surface area (Å²) in [4.78, 5) is 16.3. The molecule has 0 bridgehead atoms. The van der Waals surface area contributed by atoms with E-state index in [9.17, 15) is 4.79 Å². The third kappa shape index (κ3) is 5.07. The van der Waals surface area contributed by atoms with E-state index in [2.05, 4.69) is 15.6 Å². The fourth-order valence-corrected chi connectivity index (χ4v) is 2.68. The number of hydrogen-bond acceptors (Lipinski definition) is 3. The largest absolute Gasteiger partial charge is 0.334 e. The van der Waals surface area contributed by atoms with E-state index >= 15 is 0 Å². The Kier molecular flexibility index (Phi) is 6.27. The summed E-state index contributed by atoms with van der Waals surface area (Å²) >= 11 is 1.71. The predicted molar refractivity (Wildman–Crippen MR) is 91.9 cm³/mol. The summed E-state index contributed by atoms with van der Waals surface area (Å²) in [5.74, 6) is 0.837. The number of carbonyl (C=O) groups is 1. The summed E-state index contributed by atoms with van der Waals surface area (Å²) in [6.07, 6.45) is 3.82. The number of carbonyl (C=O) groups excluding carboxylic acids is 1. The van der Waals surface area contributed by atoms with Crippen molar-refractivity contribution in [3.63, 3.8) is 0 Å². The van der Waals surface area contributed by atoms with Gasteiger partial charge in [0.05, 0.1) is 6.04 Å². The van der Waals surface area contributed by atoms with Gasteiger partial charge in [-0.25, -0.2) is 4.79 Å². The van der Waals surface area contributed by atoms with Gasteiger partial charge in [0, 0.05) is 24.2 Å². The van der Waals surface area contributed by atoms with Crippen LogP contribution in [-0.4, -0.2) is 23.0 Å². The first-order chi connectivity index (χ1) is 10.7. The molecular formula is C17H21N3OS. The second-order valence-electron chi connectivity index (χ2n) is 5.05. The number of nitrogens with zero attached hydrogens (tertiary/aromatic N) is 1. The topological polar surface area (TPSA) is 54.0 Å². The maximum absolute atomic E-state index is 12.1. The Bertz CT molecular complexity index is 587. The molecule has 2 aromatic rings. The van der Waals surface area contributed by atoms with Crippen molar-refractivity contribution in [1.29, 1.82) is 0 Å². The molecule has 22 heavy (non-hydrogen) atoms. The highest BCUT2D eigenvalue weighted by Crippen LogP contribution is 2.16. The molecule has 0 saturated heterocycles. The lowest BCUT2D eigenvalue weighted by atomic mass is 10.1. The number of thioether (sulfide) groups is 1. The Morgan fingerprint density at radius 2 is 2.00 bits per heavy atom. The molecule has 5 heteroatoms. The summed E-state index contributed by atoms with van der Waals surface area (Å²) < 4.78 is 0. The summed E-state index contributed by atoms with van der Waals surface area (Å²) in [7, 11) is 0. The lowest BCUT2D eigenvalue weighted by Crippen LogP contribution is -2.38. The molecule has 0 radical (unpaired) electrons. The number of amides is 2. The molecule has 1 atom stereocenters. The van der Waals surface area contributed by atoms with Crippen LogP contribution in [0.4, 0.5) is 4.79 Å². The minimum atomic E-state index is -0.163. The average Bonchev–Trinajstić information content (AvgIpc) is 2.55. The third-order valence-electron chi connectivity index (χ3n) is 3.27. The monoisotopic (exact) mass is 315 g/mol. The van der Waals surface area contributed by atoms with Crippen LogP contribution in [0.3, 0.4) is 0 Å². The first kappa shape index (κ1) is 16.4. The Labute approximate surface area is 135 Å². The van der Waals surface area contributed by atoms with Crippen LogP contribution in [0.2, 0.25) is 0 Å². The van der Waals surface area contributed by atoms with Crippen molar-refractivity contribution in [2.75, 3.05) is 12.0 Å². The second-order valence-corrected chi connectivity index (χ2v) is 5.96. The van der Waals surface area contributed by atoms with Crippen LogP contribution in [0.5, 0.6) is 0 Å². The average molecular weight is 315 g/mol. The van der Waals surface area contributed by atoms with Crippen LogP contribution in [0.15, 0.2) is 48.7 Å². The first-order valence-electron chi connectivity index (χ1n) is 7.19. The zero-order valence-electron chi connectivity index (χ0n) is 12.9. The molecule has 0 aliphatic rings. The van der Waals surface area contributed by atoms with Gasteiger partial charge >= 0.3 is 6.03 Å². The van der Waals surface area contributed by atoms with E-state index in [1.165, 1.54) is 0 Å². The van der Waals surface area contributed by atoms with Crippen molar-refractivity contribution in [2.24, 2.45) is 0 Å². The number of aromatic nitrogens is 1. The van der Waals surface area contributed by atoms with E-state index in [-0.39, 0.29) is 12.1 Å². The molecule has 0 unspecified atom stereocenters. The number of nitrogens with one attached hydrogen (secondary N) is 2. The summed E-state index contributed by atoms with van der Waals surface area (Å²) in [5, 5.41) is 5.90. The molecule has 2 N–H and O–H groups in total. The fourth-order valence-electron chi connectivity index (χ4n) is 2.07. The maximum Gasteiger partial charge on any atom is 0.315 e. The SMILES string of the molecule is CSC[C@@H](NC(=O)NCc1ccc(C)nc1)c1ccccc1. The van der Waals surface area contributed by atoms with Gasteiger partial charge in [0.2, 0.25) is 0 Å². The molecule has 0 spiro atoms. The lowest BCUT2D eigenvalue weighted by Gasteiger charge is -2.18. The standard InChI is InChI=1S/C17H21N3OS/c1-13-8-9-14(10-18-13)11-19-17(21)20-16(12-22-2)15-6-4-3-5-7-15/h3-10,16H,11-12H2,1-2H3,(H2,19,20,21)/t16-/m1/s1. The van der Waals surface area contributed by atoms with Crippen LogP contribution in [0.25, 0.3) is 0 Å². The van der Waals surface area contributed by atoms with Crippen LogP contribution in [-0.2, 0) is 6.54 Å². The van der Waals surface area contributed by atoms with E-state index in [4.69, 9.17) is 0 Å². The number of aryl methyl sites for hydroxylation is 1. The molecule has 4 nitrogen and oxygen atoms in total. The van der Waals surface area contributed by atoms with E-state index < -0.39 is 0 Å². The molecule has 2 amide bonds. The predicted octanol–water partition coefficient (Wildman–Crippen LogP) is 3.29. The van der Waals surface area contributed by atoms with Crippen molar-refractivity contribution in [3.05, 3.63) is 65.5 Å². The molecular weight excluding hydrogens is 294 g/mol. The Morgan fingerprint density at radius 3 is 2.64 bits per heavy atom. The highest BCUT2D eigenvalue weighted by molar-refractivity contribution is 7.98. The van der Waals surface area contributed by atoms with Gasteiger partial charge in [-0.1, -0.05) is 36.4 Å². The van der Waals surface area contributed by atoms with Crippen LogP contribution < -0.4 is 10.6 Å².